The summed E-state index contributed by atoms with van der Waals surface area (Å²) in [6.07, 6.45) is 1.62. The fourth-order valence-electron chi connectivity index (χ4n) is 2.05. The Labute approximate surface area is 127 Å². The molecule has 3 nitrogen and oxygen atoms in total. The van der Waals surface area contributed by atoms with E-state index in [0.29, 0.717) is 15.1 Å². The highest BCUT2D eigenvalue weighted by Crippen LogP contribution is 2.35. The zero-order valence-electron chi connectivity index (χ0n) is 10.6. The van der Waals surface area contributed by atoms with E-state index in [-0.39, 0.29) is 6.04 Å². The van der Waals surface area contributed by atoms with E-state index >= 15 is 0 Å². The monoisotopic (exact) mass is 317 g/mol. The molecular formula is C13H14Cl3N3. The van der Waals surface area contributed by atoms with E-state index in [1.165, 1.54) is 0 Å². The number of nitrogens with zero attached hydrogens (tertiary/aromatic N) is 2. The molecule has 0 aliphatic carbocycles. The zero-order chi connectivity index (χ0) is 14.0. The number of nitrogens with one attached hydrogen (secondary N) is 1. The maximum Gasteiger partial charge on any atom is 0.0837 e. The fraction of sp³-hybridized carbons (Fsp3) is 0.308. The summed E-state index contributed by atoms with van der Waals surface area (Å²) in [5, 5.41) is 9.19. The smallest absolute Gasteiger partial charge is 0.0837 e. The summed E-state index contributed by atoms with van der Waals surface area (Å²) in [7, 11) is 1.85. The fourth-order valence-corrected chi connectivity index (χ4v) is 2.74. The van der Waals surface area contributed by atoms with Crippen LogP contribution in [0.2, 0.25) is 15.1 Å². The number of hydrogen-bond acceptors (Lipinski definition) is 2. The van der Waals surface area contributed by atoms with Crippen molar-refractivity contribution in [3.05, 3.63) is 50.7 Å². The van der Waals surface area contributed by atoms with Gasteiger partial charge >= 0.3 is 0 Å². The van der Waals surface area contributed by atoms with E-state index in [2.05, 4.69) is 10.4 Å². The van der Waals surface area contributed by atoms with Gasteiger partial charge in [-0.3, -0.25) is 4.68 Å². The van der Waals surface area contributed by atoms with Crippen molar-refractivity contribution >= 4 is 34.8 Å². The third-order valence-corrected chi connectivity index (χ3v) is 4.04. The van der Waals surface area contributed by atoms with Crippen molar-refractivity contribution in [3.8, 4) is 0 Å². The first-order valence-electron chi connectivity index (χ1n) is 5.91. The number of halogens is 3. The largest absolute Gasteiger partial charge is 0.305 e. The molecule has 1 atom stereocenters. The Balaban J connectivity index is 2.55. The first kappa shape index (κ1) is 14.7. The molecule has 0 bridgehead atoms. The Morgan fingerprint density at radius 1 is 1.26 bits per heavy atom. The third kappa shape index (κ3) is 2.90. The summed E-state index contributed by atoms with van der Waals surface area (Å²) < 4.78 is 1.74. The van der Waals surface area contributed by atoms with E-state index in [0.717, 1.165) is 17.8 Å². The topological polar surface area (TPSA) is 29.9 Å². The van der Waals surface area contributed by atoms with Gasteiger partial charge in [0.2, 0.25) is 0 Å². The molecule has 0 saturated carbocycles. The molecular weight excluding hydrogens is 305 g/mol. The molecule has 0 aliphatic heterocycles. The Morgan fingerprint density at radius 2 is 2.00 bits per heavy atom. The molecule has 0 spiro atoms. The number of benzene rings is 1. The van der Waals surface area contributed by atoms with Gasteiger partial charge in [0, 0.05) is 7.05 Å². The normalized spacial score (nSPS) is 12.7. The molecule has 6 heteroatoms. The van der Waals surface area contributed by atoms with Gasteiger partial charge in [0.1, 0.15) is 0 Å². The average molecular weight is 319 g/mol. The van der Waals surface area contributed by atoms with Gasteiger partial charge in [-0.15, -0.1) is 0 Å². The molecule has 19 heavy (non-hydrogen) atoms. The molecule has 1 N–H and O–H groups in total. The second kappa shape index (κ2) is 6.14. The van der Waals surface area contributed by atoms with E-state index < -0.39 is 0 Å². The number of aromatic nitrogens is 2. The predicted molar refractivity (Wildman–Crippen MR) is 80.2 cm³/mol. The molecule has 0 aliphatic rings. The Morgan fingerprint density at radius 3 is 2.58 bits per heavy atom. The van der Waals surface area contributed by atoms with Crippen molar-refractivity contribution in [3.63, 3.8) is 0 Å². The lowest BCUT2D eigenvalue weighted by atomic mass is 10.0. The van der Waals surface area contributed by atoms with Crippen LogP contribution in [-0.2, 0) is 7.05 Å². The van der Waals surface area contributed by atoms with Crippen molar-refractivity contribution < 1.29 is 0 Å². The predicted octanol–water partition coefficient (Wildman–Crippen LogP) is 4.08. The molecule has 1 aromatic heterocycles. The molecule has 1 unspecified atom stereocenters. The molecule has 2 aromatic rings. The Hall–Kier alpha value is -0.740. The van der Waals surface area contributed by atoms with Crippen molar-refractivity contribution in [1.82, 2.24) is 15.1 Å². The Kier molecular flexibility index (Phi) is 4.74. The van der Waals surface area contributed by atoms with Crippen molar-refractivity contribution in [1.29, 1.82) is 0 Å². The summed E-state index contributed by atoms with van der Waals surface area (Å²) in [6.45, 7) is 2.80. The number of rotatable bonds is 4. The van der Waals surface area contributed by atoms with Gasteiger partial charge in [-0.25, -0.2) is 0 Å². The van der Waals surface area contributed by atoms with Crippen LogP contribution in [0.4, 0.5) is 0 Å². The summed E-state index contributed by atoms with van der Waals surface area (Å²) in [6, 6.07) is 5.43. The first-order valence-corrected chi connectivity index (χ1v) is 7.04. The second-order valence-electron chi connectivity index (χ2n) is 4.14. The summed E-state index contributed by atoms with van der Waals surface area (Å²) in [4.78, 5) is 0. The quantitative estimate of drug-likeness (QED) is 0.920. The van der Waals surface area contributed by atoms with Crippen molar-refractivity contribution in [2.45, 2.75) is 13.0 Å². The first-order chi connectivity index (χ1) is 9.06. The van der Waals surface area contributed by atoms with E-state index in [4.69, 9.17) is 34.8 Å². The molecule has 0 amide bonds. The molecule has 102 valence electrons. The average Bonchev–Trinajstić information content (AvgIpc) is 2.70. The summed E-state index contributed by atoms with van der Waals surface area (Å²) in [5.74, 6) is 0. The second-order valence-corrected chi connectivity index (χ2v) is 5.33. The highest BCUT2D eigenvalue weighted by atomic mass is 35.5. The summed E-state index contributed by atoms with van der Waals surface area (Å²) >= 11 is 18.6. The van der Waals surface area contributed by atoms with Crippen LogP contribution in [0.15, 0.2) is 24.4 Å². The lowest BCUT2D eigenvalue weighted by molar-refractivity contribution is 0.573. The minimum atomic E-state index is -0.142. The van der Waals surface area contributed by atoms with Gasteiger partial charge in [-0.05, 0) is 18.2 Å². The van der Waals surface area contributed by atoms with E-state index in [1.807, 2.05) is 26.1 Å². The third-order valence-electron chi connectivity index (χ3n) is 2.91. The van der Waals surface area contributed by atoms with E-state index in [9.17, 15) is 0 Å². The van der Waals surface area contributed by atoms with Gasteiger partial charge in [0.15, 0.2) is 0 Å². The molecule has 0 saturated heterocycles. The van der Waals surface area contributed by atoms with Crippen LogP contribution in [0.3, 0.4) is 0 Å². The maximum absolute atomic E-state index is 6.30. The Bertz CT molecular complexity index is 561. The zero-order valence-corrected chi connectivity index (χ0v) is 12.9. The molecule has 2 rings (SSSR count). The van der Waals surface area contributed by atoms with Gasteiger partial charge < -0.3 is 5.32 Å². The van der Waals surface area contributed by atoms with Crippen LogP contribution in [0.25, 0.3) is 0 Å². The van der Waals surface area contributed by atoms with Crippen LogP contribution in [0.5, 0.6) is 0 Å². The minimum absolute atomic E-state index is 0.142. The van der Waals surface area contributed by atoms with Gasteiger partial charge in [0.25, 0.3) is 0 Å². The molecule has 0 fully saturated rings. The van der Waals surface area contributed by atoms with Gasteiger partial charge in [-0.2, -0.15) is 5.10 Å². The van der Waals surface area contributed by atoms with Crippen LogP contribution in [0.1, 0.15) is 24.2 Å². The van der Waals surface area contributed by atoms with E-state index in [1.54, 1.807) is 16.9 Å². The number of aryl methyl sites for hydroxylation is 1. The standard InChI is InChI=1S/C13H14Cl3N3/c1-3-17-12(13-10(15)7-18-19(13)2)8-5-4-6-9(14)11(8)16/h4-7,12,17H,3H2,1-2H3. The highest BCUT2D eigenvalue weighted by Gasteiger charge is 2.23. The van der Waals surface area contributed by atoms with Crippen LogP contribution in [0, 0.1) is 0 Å². The van der Waals surface area contributed by atoms with Crippen LogP contribution >= 0.6 is 34.8 Å². The molecule has 1 aromatic carbocycles. The van der Waals surface area contributed by atoms with Crippen LogP contribution < -0.4 is 5.32 Å². The molecule has 1 heterocycles. The van der Waals surface area contributed by atoms with Gasteiger partial charge in [0.05, 0.1) is 33.0 Å². The minimum Gasteiger partial charge on any atom is -0.305 e. The highest BCUT2D eigenvalue weighted by molar-refractivity contribution is 6.42. The lowest BCUT2D eigenvalue weighted by Gasteiger charge is -2.21. The maximum atomic E-state index is 6.30. The van der Waals surface area contributed by atoms with Crippen molar-refractivity contribution in [2.24, 2.45) is 7.05 Å². The van der Waals surface area contributed by atoms with Gasteiger partial charge in [-0.1, -0.05) is 53.9 Å². The summed E-state index contributed by atoms with van der Waals surface area (Å²) in [5.41, 5.74) is 1.76. The lowest BCUT2D eigenvalue weighted by Crippen LogP contribution is -2.25. The number of hydrogen-bond donors (Lipinski definition) is 1. The van der Waals surface area contributed by atoms with Crippen molar-refractivity contribution in [2.75, 3.05) is 6.54 Å². The molecule has 0 radical (unpaired) electrons. The SMILES string of the molecule is CCNC(c1cccc(Cl)c1Cl)c1c(Cl)cnn1C. The van der Waals surface area contributed by atoms with Crippen LogP contribution in [-0.4, -0.2) is 16.3 Å².